The van der Waals surface area contributed by atoms with E-state index in [1.54, 1.807) is 6.26 Å². The van der Waals surface area contributed by atoms with E-state index in [4.69, 9.17) is 4.42 Å². The molecule has 0 amide bonds. The Hall–Kier alpha value is -1.28. The summed E-state index contributed by atoms with van der Waals surface area (Å²) < 4.78 is 5.31. The molecule has 1 heterocycles. The molecule has 0 atom stereocenters. The number of fused-ring (bicyclic) bond motifs is 1. The third-order valence-corrected chi connectivity index (χ3v) is 3.68. The van der Waals surface area contributed by atoms with Crippen LogP contribution in [-0.4, -0.2) is 11.7 Å². The Kier molecular flexibility index (Phi) is 1.86. The lowest BCUT2D eigenvalue weighted by Crippen LogP contribution is -2.37. The van der Waals surface area contributed by atoms with Crippen molar-refractivity contribution in [3.63, 3.8) is 0 Å². The summed E-state index contributed by atoms with van der Waals surface area (Å²) in [5, 5.41) is 10.6. The molecule has 1 N–H and O–H groups in total. The second-order valence-electron chi connectivity index (χ2n) is 4.47. The van der Waals surface area contributed by atoms with Gasteiger partial charge in [0.2, 0.25) is 0 Å². The number of aliphatic hydroxyl groups excluding tert-OH is 1. The normalized spacial score (nSPS) is 19.0. The summed E-state index contributed by atoms with van der Waals surface area (Å²) in [7, 11) is 0. The Bertz CT molecular complexity index is 474. The zero-order valence-corrected chi connectivity index (χ0v) is 8.57. The molecule has 1 fully saturated rings. The predicted molar refractivity (Wildman–Crippen MR) is 58.8 cm³/mol. The van der Waals surface area contributed by atoms with Gasteiger partial charge >= 0.3 is 0 Å². The van der Waals surface area contributed by atoms with Crippen molar-refractivity contribution in [3.05, 3.63) is 36.1 Å². The van der Waals surface area contributed by atoms with Crippen LogP contribution in [0.2, 0.25) is 0 Å². The number of rotatable bonds is 2. The van der Waals surface area contributed by atoms with Gasteiger partial charge in [0.25, 0.3) is 0 Å². The van der Waals surface area contributed by atoms with Crippen LogP contribution in [0.4, 0.5) is 0 Å². The fourth-order valence-corrected chi connectivity index (χ4v) is 2.44. The number of hydrogen-bond acceptors (Lipinski definition) is 2. The monoisotopic (exact) mass is 202 g/mol. The molecule has 78 valence electrons. The quantitative estimate of drug-likeness (QED) is 0.812. The molecule has 2 heteroatoms. The maximum Gasteiger partial charge on any atom is 0.133 e. The van der Waals surface area contributed by atoms with Crippen molar-refractivity contribution in [1.29, 1.82) is 0 Å². The Balaban J connectivity index is 2.10. The zero-order valence-electron chi connectivity index (χ0n) is 8.57. The van der Waals surface area contributed by atoms with Crippen LogP contribution in [-0.2, 0) is 5.41 Å². The van der Waals surface area contributed by atoms with Crippen LogP contribution in [0, 0.1) is 0 Å². The molecule has 1 aliphatic rings. The van der Waals surface area contributed by atoms with Gasteiger partial charge in [0.15, 0.2) is 0 Å². The lowest BCUT2D eigenvalue weighted by Gasteiger charge is -2.40. The average molecular weight is 202 g/mol. The van der Waals surface area contributed by atoms with Gasteiger partial charge in [0.05, 0.1) is 12.9 Å². The van der Waals surface area contributed by atoms with E-state index in [0.717, 1.165) is 23.8 Å². The van der Waals surface area contributed by atoms with E-state index in [2.05, 4.69) is 12.1 Å². The molecule has 0 bridgehead atoms. The van der Waals surface area contributed by atoms with E-state index in [0.29, 0.717) is 0 Å². The lowest BCUT2D eigenvalue weighted by atomic mass is 9.65. The molecular weight excluding hydrogens is 188 g/mol. The van der Waals surface area contributed by atoms with Gasteiger partial charge in [-0.2, -0.15) is 0 Å². The minimum Gasteiger partial charge on any atom is -0.464 e. The van der Waals surface area contributed by atoms with Crippen LogP contribution in [0.1, 0.15) is 24.8 Å². The van der Waals surface area contributed by atoms with Crippen LogP contribution in [0.3, 0.4) is 0 Å². The largest absolute Gasteiger partial charge is 0.464 e. The average Bonchev–Trinajstić information content (AvgIpc) is 2.64. The minimum absolute atomic E-state index is 0.0332. The van der Waals surface area contributed by atoms with Gasteiger partial charge in [-0.3, -0.25) is 0 Å². The first-order chi connectivity index (χ1) is 7.34. The summed E-state index contributed by atoms with van der Waals surface area (Å²) in [5.74, 6) is 0. The molecular formula is C13H14O2. The molecule has 3 rings (SSSR count). The van der Waals surface area contributed by atoms with Crippen LogP contribution in [0.5, 0.6) is 0 Å². The molecule has 1 aromatic heterocycles. The first-order valence-corrected chi connectivity index (χ1v) is 5.43. The number of hydrogen-bond donors (Lipinski definition) is 1. The zero-order chi connectivity index (χ0) is 10.3. The van der Waals surface area contributed by atoms with E-state index < -0.39 is 0 Å². The first kappa shape index (κ1) is 8.98. The summed E-state index contributed by atoms with van der Waals surface area (Å²) in [6.07, 6.45) is 5.14. The van der Waals surface area contributed by atoms with Crippen molar-refractivity contribution in [2.45, 2.75) is 24.7 Å². The minimum atomic E-state index is 0.0332. The fourth-order valence-electron chi connectivity index (χ4n) is 2.44. The van der Waals surface area contributed by atoms with Crippen molar-refractivity contribution in [2.75, 3.05) is 6.61 Å². The van der Waals surface area contributed by atoms with Gasteiger partial charge in [-0.1, -0.05) is 12.5 Å². The first-order valence-electron chi connectivity index (χ1n) is 5.43. The lowest BCUT2D eigenvalue weighted by molar-refractivity contribution is 0.120. The van der Waals surface area contributed by atoms with E-state index in [9.17, 15) is 5.11 Å². The molecule has 0 saturated heterocycles. The van der Waals surface area contributed by atoms with E-state index in [1.165, 1.54) is 12.0 Å². The van der Waals surface area contributed by atoms with E-state index in [1.807, 2.05) is 12.1 Å². The van der Waals surface area contributed by atoms with Gasteiger partial charge in [0, 0.05) is 10.8 Å². The smallest absolute Gasteiger partial charge is 0.133 e. The molecule has 2 aromatic rings. The number of furan rings is 1. The molecule has 0 radical (unpaired) electrons. The Morgan fingerprint density at radius 3 is 2.80 bits per heavy atom. The van der Waals surface area contributed by atoms with Gasteiger partial charge < -0.3 is 9.52 Å². The fraction of sp³-hybridized carbons (Fsp3) is 0.385. The van der Waals surface area contributed by atoms with Crippen molar-refractivity contribution < 1.29 is 9.52 Å². The summed E-state index contributed by atoms with van der Waals surface area (Å²) in [5.41, 5.74) is 2.21. The molecule has 1 saturated carbocycles. The summed E-state index contributed by atoms with van der Waals surface area (Å²) in [6.45, 7) is 0.260. The number of benzene rings is 1. The summed E-state index contributed by atoms with van der Waals surface area (Å²) in [6, 6.07) is 8.21. The highest BCUT2D eigenvalue weighted by molar-refractivity contribution is 5.78. The van der Waals surface area contributed by atoms with E-state index >= 15 is 0 Å². The second-order valence-corrected chi connectivity index (χ2v) is 4.47. The third-order valence-electron chi connectivity index (χ3n) is 3.68. The van der Waals surface area contributed by atoms with Gasteiger partial charge in [-0.25, -0.2) is 0 Å². The molecule has 0 spiro atoms. The van der Waals surface area contributed by atoms with Gasteiger partial charge in [-0.05, 0) is 36.6 Å². The highest BCUT2D eigenvalue weighted by Gasteiger charge is 2.38. The number of aliphatic hydroxyl groups is 1. The van der Waals surface area contributed by atoms with Crippen LogP contribution < -0.4 is 0 Å². The van der Waals surface area contributed by atoms with E-state index in [-0.39, 0.29) is 12.0 Å². The summed E-state index contributed by atoms with van der Waals surface area (Å²) in [4.78, 5) is 0. The standard InChI is InChI=1S/C13H14O2/c14-9-13(5-1-6-13)11-2-3-12-10(8-11)4-7-15-12/h2-4,7-8,14H,1,5-6,9H2. The van der Waals surface area contributed by atoms with Crippen molar-refractivity contribution in [3.8, 4) is 0 Å². The Morgan fingerprint density at radius 1 is 1.27 bits per heavy atom. The van der Waals surface area contributed by atoms with Gasteiger partial charge in [-0.15, -0.1) is 0 Å². The van der Waals surface area contributed by atoms with Crippen molar-refractivity contribution >= 4 is 11.0 Å². The second kappa shape index (κ2) is 3.11. The topological polar surface area (TPSA) is 33.4 Å². The van der Waals surface area contributed by atoms with Crippen LogP contribution in [0.15, 0.2) is 34.9 Å². The molecule has 0 aliphatic heterocycles. The molecule has 1 aromatic carbocycles. The maximum absolute atomic E-state index is 9.49. The Morgan fingerprint density at radius 2 is 2.13 bits per heavy atom. The predicted octanol–water partition coefficient (Wildman–Crippen LogP) is 2.85. The maximum atomic E-state index is 9.49. The highest BCUT2D eigenvalue weighted by Crippen LogP contribution is 2.43. The van der Waals surface area contributed by atoms with Crippen molar-refractivity contribution in [2.24, 2.45) is 0 Å². The molecule has 1 aliphatic carbocycles. The van der Waals surface area contributed by atoms with Crippen LogP contribution in [0.25, 0.3) is 11.0 Å². The highest BCUT2D eigenvalue weighted by atomic mass is 16.3. The molecule has 2 nitrogen and oxygen atoms in total. The van der Waals surface area contributed by atoms with Crippen LogP contribution >= 0.6 is 0 Å². The Labute approximate surface area is 88.5 Å². The van der Waals surface area contributed by atoms with Crippen molar-refractivity contribution in [1.82, 2.24) is 0 Å². The molecule has 0 unspecified atom stereocenters. The summed E-state index contributed by atoms with van der Waals surface area (Å²) >= 11 is 0. The molecule has 15 heavy (non-hydrogen) atoms. The van der Waals surface area contributed by atoms with Gasteiger partial charge in [0.1, 0.15) is 5.58 Å². The SMILES string of the molecule is OCC1(c2ccc3occc3c2)CCC1. The third kappa shape index (κ3) is 1.21.